The number of nitrogens with zero attached hydrogens (tertiary/aromatic N) is 4. The monoisotopic (exact) mass is 314 g/mol. The van der Waals surface area contributed by atoms with Crippen molar-refractivity contribution in [1.29, 1.82) is 0 Å². The average molecular weight is 314 g/mol. The Labute approximate surface area is 131 Å². The number of rotatable bonds is 5. The maximum absolute atomic E-state index is 11.7. The fourth-order valence-corrected chi connectivity index (χ4v) is 2.43. The maximum Gasteiger partial charge on any atom is 0.315 e. The lowest BCUT2D eigenvalue weighted by atomic mass is 10.3. The second-order valence-electron chi connectivity index (χ2n) is 4.53. The van der Waals surface area contributed by atoms with Crippen molar-refractivity contribution in [2.75, 3.05) is 0 Å². The van der Waals surface area contributed by atoms with Crippen LogP contribution in [-0.2, 0) is 13.1 Å². The van der Waals surface area contributed by atoms with E-state index >= 15 is 0 Å². The quantitative estimate of drug-likeness (QED) is 0.751. The predicted molar refractivity (Wildman–Crippen MR) is 82.5 cm³/mol. The van der Waals surface area contributed by atoms with Gasteiger partial charge in [-0.3, -0.25) is 4.98 Å². The predicted octanol–water partition coefficient (Wildman–Crippen LogP) is 1.72. The Morgan fingerprint density at radius 2 is 2.18 bits per heavy atom. The molecule has 0 aliphatic rings. The van der Waals surface area contributed by atoms with Gasteiger partial charge in [0.25, 0.3) is 0 Å². The van der Waals surface area contributed by atoms with Gasteiger partial charge < -0.3 is 10.6 Å². The molecule has 0 radical (unpaired) electrons. The molecule has 7 nitrogen and oxygen atoms in total. The molecule has 0 saturated heterocycles. The third-order valence-corrected chi connectivity index (χ3v) is 3.59. The van der Waals surface area contributed by atoms with E-state index in [1.54, 1.807) is 34.6 Å². The molecule has 2 N–H and O–H groups in total. The topological polar surface area (TPSA) is 84.7 Å². The number of thiophene rings is 1. The van der Waals surface area contributed by atoms with Crippen molar-refractivity contribution in [3.8, 4) is 5.69 Å². The Hall–Kier alpha value is -2.74. The van der Waals surface area contributed by atoms with E-state index in [1.807, 2.05) is 29.0 Å². The standard InChI is InChI=1S/C14H14N6OS/c21-14(16-7-11-2-1-4-15-6-11)17-8-12-9-20(19-18-12)13-3-5-22-10-13/h1-6,9-10H,7-8H2,(H2,16,17,21). The van der Waals surface area contributed by atoms with Crippen LogP contribution in [0, 0.1) is 0 Å². The Balaban J connectivity index is 1.47. The zero-order chi connectivity index (χ0) is 15.2. The lowest BCUT2D eigenvalue weighted by molar-refractivity contribution is 0.240. The minimum Gasteiger partial charge on any atom is -0.334 e. The van der Waals surface area contributed by atoms with E-state index < -0.39 is 0 Å². The molecule has 2 amide bonds. The van der Waals surface area contributed by atoms with Gasteiger partial charge in [-0.1, -0.05) is 11.3 Å². The van der Waals surface area contributed by atoms with Gasteiger partial charge in [0.05, 0.1) is 18.4 Å². The van der Waals surface area contributed by atoms with Crippen LogP contribution < -0.4 is 10.6 Å². The van der Waals surface area contributed by atoms with E-state index in [4.69, 9.17) is 0 Å². The molecular formula is C14H14N6OS. The number of urea groups is 1. The van der Waals surface area contributed by atoms with Crippen LogP contribution in [0.4, 0.5) is 4.79 Å². The number of aromatic nitrogens is 4. The Bertz CT molecular complexity index is 725. The lowest BCUT2D eigenvalue weighted by Crippen LogP contribution is -2.34. The van der Waals surface area contributed by atoms with Crippen LogP contribution in [0.25, 0.3) is 5.69 Å². The largest absolute Gasteiger partial charge is 0.334 e. The highest BCUT2D eigenvalue weighted by Crippen LogP contribution is 2.10. The summed E-state index contributed by atoms with van der Waals surface area (Å²) in [4.78, 5) is 15.7. The third-order valence-electron chi connectivity index (χ3n) is 2.92. The highest BCUT2D eigenvalue weighted by atomic mass is 32.1. The van der Waals surface area contributed by atoms with E-state index in [0.717, 1.165) is 11.3 Å². The summed E-state index contributed by atoms with van der Waals surface area (Å²) in [6.45, 7) is 0.754. The molecule has 0 aliphatic heterocycles. The number of hydrogen-bond acceptors (Lipinski definition) is 5. The van der Waals surface area contributed by atoms with E-state index in [2.05, 4.69) is 25.9 Å². The van der Waals surface area contributed by atoms with E-state index in [-0.39, 0.29) is 6.03 Å². The van der Waals surface area contributed by atoms with Crippen LogP contribution in [0.5, 0.6) is 0 Å². The molecule has 0 fully saturated rings. The van der Waals surface area contributed by atoms with Crippen LogP contribution >= 0.6 is 11.3 Å². The van der Waals surface area contributed by atoms with Crippen LogP contribution in [0.2, 0.25) is 0 Å². The summed E-state index contributed by atoms with van der Waals surface area (Å²) in [5, 5.41) is 17.5. The van der Waals surface area contributed by atoms with Gasteiger partial charge in [0.2, 0.25) is 0 Å². The fourth-order valence-electron chi connectivity index (χ4n) is 1.81. The maximum atomic E-state index is 11.7. The Morgan fingerprint density at radius 3 is 2.95 bits per heavy atom. The first kappa shape index (κ1) is 14.2. The summed E-state index contributed by atoms with van der Waals surface area (Å²) < 4.78 is 1.68. The fraction of sp³-hybridized carbons (Fsp3) is 0.143. The summed E-state index contributed by atoms with van der Waals surface area (Å²) in [7, 11) is 0. The molecule has 112 valence electrons. The number of pyridine rings is 1. The summed E-state index contributed by atoms with van der Waals surface area (Å²) in [6, 6.07) is 5.43. The number of nitrogens with one attached hydrogen (secondary N) is 2. The molecule has 0 bridgehead atoms. The van der Waals surface area contributed by atoms with Crippen molar-refractivity contribution in [3.05, 3.63) is 58.8 Å². The van der Waals surface area contributed by atoms with Crippen molar-refractivity contribution in [3.63, 3.8) is 0 Å². The van der Waals surface area contributed by atoms with Gasteiger partial charge in [-0.05, 0) is 23.1 Å². The van der Waals surface area contributed by atoms with Crippen molar-refractivity contribution in [2.24, 2.45) is 0 Å². The molecule has 0 spiro atoms. The lowest BCUT2D eigenvalue weighted by Gasteiger charge is -2.05. The Kier molecular flexibility index (Phi) is 4.40. The molecule has 0 aromatic carbocycles. The summed E-state index contributed by atoms with van der Waals surface area (Å²) >= 11 is 1.59. The smallest absolute Gasteiger partial charge is 0.315 e. The second-order valence-corrected chi connectivity index (χ2v) is 5.31. The van der Waals surface area contributed by atoms with Crippen LogP contribution in [0.1, 0.15) is 11.3 Å². The number of hydrogen-bond donors (Lipinski definition) is 2. The normalized spacial score (nSPS) is 10.4. The molecule has 0 aliphatic carbocycles. The molecule has 0 saturated carbocycles. The SMILES string of the molecule is O=C(NCc1cccnc1)NCc1cn(-c2ccsc2)nn1. The van der Waals surface area contributed by atoms with E-state index in [1.165, 1.54) is 0 Å². The van der Waals surface area contributed by atoms with Crippen molar-refractivity contribution >= 4 is 17.4 Å². The summed E-state index contributed by atoms with van der Waals surface area (Å²) in [6.07, 6.45) is 5.20. The molecular weight excluding hydrogens is 300 g/mol. The van der Waals surface area contributed by atoms with Gasteiger partial charge in [0, 0.05) is 24.3 Å². The number of carbonyl (C=O) groups is 1. The van der Waals surface area contributed by atoms with Gasteiger partial charge in [0.15, 0.2) is 0 Å². The van der Waals surface area contributed by atoms with Crippen LogP contribution in [-0.4, -0.2) is 26.0 Å². The minimum atomic E-state index is -0.256. The third kappa shape index (κ3) is 3.67. The van der Waals surface area contributed by atoms with Crippen LogP contribution in [0.3, 0.4) is 0 Å². The zero-order valence-electron chi connectivity index (χ0n) is 11.6. The van der Waals surface area contributed by atoms with E-state index in [0.29, 0.717) is 18.8 Å². The van der Waals surface area contributed by atoms with Crippen molar-refractivity contribution in [1.82, 2.24) is 30.6 Å². The summed E-state index contributed by atoms with van der Waals surface area (Å²) in [5.74, 6) is 0. The molecule has 3 rings (SSSR count). The molecule has 0 atom stereocenters. The second kappa shape index (κ2) is 6.81. The van der Waals surface area contributed by atoms with E-state index in [9.17, 15) is 4.79 Å². The molecule has 3 heterocycles. The minimum absolute atomic E-state index is 0.256. The van der Waals surface area contributed by atoms with Gasteiger partial charge in [-0.25, -0.2) is 9.48 Å². The molecule has 8 heteroatoms. The molecule has 0 unspecified atom stereocenters. The van der Waals surface area contributed by atoms with Gasteiger partial charge in [-0.2, -0.15) is 11.3 Å². The van der Waals surface area contributed by atoms with Gasteiger partial charge in [-0.15, -0.1) is 5.10 Å². The van der Waals surface area contributed by atoms with Gasteiger partial charge in [0.1, 0.15) is 5.69 Å². The first-order chi connectivity index (χ1) is 10.8. The summed E-state index contributed by atoms with van der Waals surface area (Å²) in [5.41, 5.74) is 2.61. The molecule has 22 heavy (non-hydrogen) atoms. The molecule has 3 aromatic rings. The van der Waals surface area contributed by atoms with Gasteiger partial charge >= 0.3 is 6.03 Å². The highest BCUT2D eigenvalue weighted by molar-refractivity contribution is 7.08. The first-order valence-corrected chi connectivity index (χ1v) is 7.60. The number of carbonyl (C=O) groups excluding carboxylic acids is 1. The van der Waals surface area contributed by atoms with Crippen molar-refractivity contribution in [2.45, 2.75) is 13.1 Å². The Morgan fingerprint density at radius 1 is 1.27 bits per heavy atom. The molecule has 3 aromatic heterocycles. The average Bonchev–Trinajstić information content (AvgIpc) is 3.22. The first-order valence-electron chi connectivity index (χ1n) is 6.65. The number of amides is 2. The van der Waals surface area contributed by atoms with Crippen LogP contribution in [0.15, 0.2) is 47.5 Å². The zero-order valence-corrected chi connectivity index (χ0v) is 12.5. The van der Waals surface area contributed by atoms with Crippen molar-refractivity contribution < 1.29 is 4.79 Å². The highest BCUT2D eigenvalue weighted by Gasteiger charge is 2.05.